The minimum absolute atomic E-state index is 0.0200. The molecule has 0 aromatic carbocycles. The number of hydrogen-bond donors (Lipinski definition) is 3. The fourth-order valence-corrected chi connectivity index (χ4v) is 3.44. The maximum Gasteiger partial charge on any atom is 0.268 e. The zero-order chi connectivity index (χ0) is 17.0. The van der Waals surface area contributed by atoms with Gasteiger partial charge in [-0.1, -0.05) is 20.3 Å². The van der Waals surface area contributed by atoms with Gasteiger partial charge in [0.2, 0.25) is 0 Å². The predicted molar refractivity (Wildman–Crippen MR) is 92.1 cm³/mol. The van der Waals surface area contributed by atoms with E-state index in [0.717, 1.165) is 50.0 Å². The van der Waals surface area contributed by atoms with Gasteiger partial charge in [0.25, 0.3) is 5.91 Å². The van der Waals surface area contributed by atoms with Crippen LogP contribution in [-0.4, -0.2) is 36.3 Å². The Morgan fingerprint density at radius 2 is 1.91 bits per heavy atom. The van der Waals surface area contributed by atoms with Crippen LogP contribution in [0.3, 0.4) is 0 Å². The van der Waals surface area contributed by atoms with E-state index < -0.39 is 0 Å². The Morgan fingerprint density at radius 3 is 2.48 bits per heavy atom. The second kappa shape index (κ2) is 7.30. The molecule has 5 nitrogen and oxygen atoms in total. The van der Waals surface area contributed by atoms with E-state index in [1.165, 1.54) is 0 Å². The molecule has 2 heterocycles. The normalized spacial score (nSPS) is 17.0. The molecule has 1 amide bonds. The van der Waals surface area contributed by atoms with Crippen LogP contribution in [0.15, 0.2) is 0 Å². The lowest BCUT2D eigenvalue weighted by molar-refractivity contribution is 0.0916. The average molecular weight is 319 g/mol. The van der Waals surface area contributed by atoms with Gasteiger partial charge in [-0.25, -0.2) is 0 Å². The number of rotatable bonds is 6. The number of nitrogens with one attached hydrogen (secondary N) is 3. The summed E-state index contributed by atoms with van der Waals surface area (Å²) in [5.41, 5.74) is 3.05. The maximum absolute atomic E-state index is 12.6. The molecule has 1 aromatic heterocycles. The summed E-state index contributed by atoms with van der Waals surface area (Å²) in [6, 6.07) is 0. The Labute approximate surface area is 138 Å². The molecule has 3 N–H and O–H groups in total. The summed E-state index contributed by atoms with van der Waals surface area (Å²) in [6.07, 6.45) is 3.78. The zero-order valence-electron chi connectivity index (χ0n) is 14.8. The SMILES string of the molecule is CCCc1c(C(=O)NCC2(C)CCNCC2)[nH]c(C)c1C(C)=O. The molecule has 1 aliphatic heterocycles. The van der Waals surface area contributed by atoms with Gasteiger partial charge in [0.1, 0.15) is 5.69 Å². The molecule has 23 heavy (non-hydrogen) atoms. The lowest BCUT2D eigenvalue weighted by Gasteiger charge is -2.34. The Hall–Kier alpha value is -1.62. The summed E-state index contributed by atoms with van der Waals surface area (Å²) in [5.74, 6) is -0.0737. The van der Waals surface area contributed by atoms with E-state index in [1.807, 2.05) is 6.92 Å². The molecular formula is C18H29N3O2. The van der Waals surface area contributed by atoms with Gasteiger partial charge in [-0.2, -0.15) is 0 Å². The Bertz CT molecular complexity index is 583. The van der Waals surface area contributed by atoms with Gasteiger partial charge in [0.05, 0.1) is 0 Å². The summed E-state index contributed by atoms with van der Waals surface area (Å²) in [4.78, 5) is 27.7. The number of aromatic nitrogens is 1. The van der Waals surface area contributed by atoms with Crippen molar-refractivity contribution in [2.45, 2.75) is 53.4 Å². The van der Waals surface area contributed by atoms with Crippen molar-refractivity contribution in [3.63, 3.8) is 0 Å². The fourth-order valence-electron chi connectivity index (χ4n) is 3.44. The maximum atomic E-state index is 12.6. The van der Waals surface area contributed by atoms with E-state index in [-0.39, 0.29) is 17.1 Å². The smallest absolute Gasteiger partial charge is 0.268 e. The molecule has 1 aromatic rings. The molecule has 5 heteroatoms. The number of H-pyrrole nitrogens is 1. The Kier molecular flexibility index (Phi) is 5.63. The van der Waals surface area contributed by atoms with Crippen molar-refractivity contribution in [3.05, 3.63) is 22.5 Å². The van der Waals surface area contributed by atoms with Crippen LogP contribution in [0, 0.1) is 12.3 Å². The molecule has 128 valence electrons. The van der Waals surface area contributed by atoms with Crippen molar-refractivity contribution < 1.29 is 9.59 Å². The number of carbonyl (C=O) groups is 2. The van der Waals surface area contributed by atoms with E-state index >= 15 is 0 Å². The molecule has 0 atom stereocenters. The first-order chi connectivity index (χ1) is 10.9. The van der Waals surface area contributed by atoms with Gasteiger partial charge in [-0.05, 0) is 57.2 Å². The summed E-state index contributed by atoms with van der Waals surface area (Å²) in [7, 11) is 0. The molecule has 0 radical (unpaired) electrons. The number of hydrogen-bond acceptors (Lipinski definition) is 3. The first kappa shape index (κ1) is 17.7. The second-order valence-corrected chi connectivity index (χ2v) is 7.03. The van der Waals surface area contributed by atoms with Crippen LogP contribution in [0.4, 0.5) is 0 Å². The molecule has 1 fully saturated rings. The first-order valence-electron chi connectivity index (χ1n) is 8.59. The van der Waals surface area contributed by atoms with Crippen LogP contribution in [0.2, 0.25) is 0 Å². The number of aromatic amines is 1. The highest BCUT2D eigenvalue weighted by Crippen LogP contribution is 2.27. The van der Waals surface area contributed by atoms with E-state index in [4.69, 9.17) is 0 Å². The molecule has 0 unspecified atom stereocenters. The molecular weight excluding hydrogens is 290 g/mol. The molecule has 0 saturated carbocycles. The molecule has 1 aliphatic rings. The molecule has 2 rings (SSSR count). The minimum Gasteiger partial charge on any atom is -0.354 e. The van der Waals surface area contributed by atoms with Crippen LogP contribution in [0.25, 0.3) is 0 Å². The number of piperidine rings is 1. The van der Waals surface area contributed by atoms with Gasteiger partial charge in [0.15, 0.2) is 5.78 Å². The van der Waals surface area contributed by atoms with Crippen molar-refractivity contribution in [1.82, 2.24) is 15.6 Å². The van der Waals surface area contributed by atoms with E-state index in [0.29, 0.717) is 17.8 Å². The van der Waals surface area contributed by atoms with Crippen LogP contribution in [-0.2, 0) is 6.42 Å². The highest BCUT2D eigenvalue weighted by molar-refractivity contribution is 6.02. The van der Waals surface area contributed by atoms with Gasteiger partial charge < -0.3 is 15.6 Å². The first-order valence-corrected chi connectivity index (χ1v) is 8.59. The van der Waals surface area contributed by atoms with Crippen LogP contribution < -0.4 is 10.6 Å². The lowest BCUT2D eigenvalue weighted by atomic mass is 9.81. The topological polar surface area (TPSA) is 74.0 Å². The van der Waals surface area contributed by atoms with Crippen molar-refractivity contribution in [1.29, 1.82) is 0 Å². The second-order valence-electron chi connectivity index (χ2n) is 7.03. The highest BCUT2D eigenvalue weighted by Gasteiger charge is 2.28. The molecule has 0 aliphatic carbocycles. The summed E-state index contributed by atoms with van der Waals surface area (Å²) >= 11 is 0. The monoisotopic (exact) mass is 319 g/mol. The number of aryl methyl sites for hydroxylation is 1. The molecule has 0 bridgehead atoms. The Balaban J connectivity index is 2.15. The number of ketones is 1. The van der Waals surface area contributed by atoms with Gasteiger partial charge >= 0.3 is 0 Å². The highest BCUT2D eigenvalue weighted by atomic mass is 16.2. The van der Waals surface area contributed by atoms with Gasteiger partial charge in [-0.3, -0.25) is 9.59 Å². The molecule has 1 saturated heterocycles. The van der Waals surface area contributed by atoms with Gasteiger partial charge in [-0.15, -0.1) is 0 Å². The van der Waals surface area contributed by atoms with Crippen LogP contribution in [0.5, 0.6) is 0 Å². The predicted octanol–water partition coefficient (Wildman–Crippen LogP) is 2.60. The van der Waals surface area contributed by atoms with Crippen molar-refractivity contribution in [2.24, 2.45) is 5.41 Å². The van der Waals surface area contributed by atoms with Crippen LogP contribution >= 0.6 is 0 Å². The largest absolute Gasteiger partial charge is 0.354 e. The fraction of sp³-hybridized carbons (Fsp3) is 0.667. The zero-order valence-corrected chi connectivity index (χ0v) is 14.8. The molecule has 0 spiro atoms. The number of amides is 1. The van der Waals surface area contributed by atoms with Crippen molar-refractivity contribution in [3.8, 4) is 0 Å². The van der Waals surface area contributed by atoms with E-state index in [2.05, 4.69) is 29.5 Å². The van der Waals surface area contributed by atoms with Crippen LogP contribution in [0.1, 0.15) is 72.1 Å². The summed E-state index contributed by atoms with van der Waals surface area (Å²) in [5, 5.41) is 6.43. The lowest BCUT2D eigenvalue weighted by Crippen LogP contribution is -2.43. The minimum atomic E-state index is -0.0937. The Morgan fingerprint density at radius 1 is 1.26 bits per heavy atom. The van der Waals surface area contributed by atoms with Gasteiger partial charge in [0, 0.05) is 17.8 Å². The van der Waals surface area contributed by atoms with Crippen molar-refractivity contribution in [2.75, 3.05) is 19.6 Å². The van der Waals surface area contributed by atoms with E-state index in [9.17, 15) is 9.59 Å². The summed E-state index contributed by atoms with van der Waals surface area (Å²) in [6.45, 7) is 10.4. The average Bonchev–Trinajstić information content (AvgIpc) is 2.83. The van der Waals surface area contributed by atoms with E-state index in [1.54, 1.807) is 6.92 Å². The quantitative estimate of drug-likeness (QED) is 0.706. The van der Waals surface area contributed by atoms with Crippen molar-refractivity contribution >= 4 is 11.7 Å². The third kappa shape index (κ3) is 4.02. The standard InChI is InChI=1S/C18H29N3O2/c1-5-6-14-15(13(3)22)12(2)21-16(14)17(23)20-11-18(4)7-9-19-10-8-18/h19,21H,5-11H2,1-4H3,(H,20,23). The third-order valence-electron chi connectivity index (χ3n) is 4.86. The summed E-state index contributed by atoms with van der Waals surface area (Å²) < 4.78 is 0. The number of carbonyl (C=O) groups excluding carboxylic acids is 2. The third-order valence-corrected chi connectivity index (χ3v) is 4.86. The number of Topliss-reactive ketones (excluding diaryl/α,β-unsaturated/α-hetero) is 1.